The molecule has 0 unspecified atom stereocenters. The van der Waals surface area contributed by atoms with E-state index < -0.39 is 0 Å². The molecule has 2 nitrogen and oxygen atoms in total. The van der Waals surface area contributed by atoms with Crippen LogP contribution < -0.4 is 10.6 Å². The molecule has 2 aromatic rings. The molecule has 122 valence electrons. The lowest BCUT2D eigenvalue weighted by Crippen LogP contribution is -2.29. The molecule has 0 fully saturated rings. The molecule has 0 saturated carbocycles. The lowest BCUT2D eigenvalue weighted by Gasteiger charge is -2.12. The van der Waals surface area contributed by atoms with E-state index in [2.05, 4.69) is 54.8 Å². The summed E-state index contributed by atoms with van der Waals surface area (Å²) in [6.07, 6.45) is 1.93. The van der Waals surface area contributed by atoms with Gasteiger partial charge in [-0.05, 0) is 60.3 Å². The predicted octanol–water partition coefficient (Wildman–Crippen LogP) is 5.38. The van der Waals surface area contributed by atoms with E-state index in [4.69, 9.17) is 23.8 Å². The summed E-state index contributed by atoms with van der Waals surface area (Å²) in [7, 11) is 0. The third kappa shape index (κ3) is 5.85. The predicted molar refractivity (Wildman–Crippen MR) is 105 cm³/mol. The Morgan fingerprint density at radius 2 is 1.78 bits per heavy atom. The Balaban J connectivity index is 1.72. The van der Waals surface area contributed by atoms with E-state index in [1.807, 2.05) is 18.2 Å². The molecule has 2 N–H and O–H groups in total. The van der Waals surface area contributed by atoms with Crippen molar-refractivity contribution in [3.63, 3.8) is 0 Å². The van der Waals surface area contributed by atoms with Gasteiger partial charge in [0, 0.05) is 17.3 Å². The molecule has 0 radical (unpaired) electrons. The third-order valence-electron chi connectivity index (χ3n) is 3.70. The first-order valence-electron chi connectivity index (χ1n) is 7.94. The molecule has 0 spiro atoms. The van der Waals surface area contributed by atoms with Gasteiger partial charge < -0.3 is 10.6 Å². The Labute approximate surface area is 149 Å². The molecular weight excluding hydrogens is 324 g/mol. The van der Waals surface area contributed by atoms with E-state index in [1.54, 1.807) is 0 Å². The highest BCUT2D eigenvalue weighted by atomic mass is 35.5. The number of hydrogen-bond donors (Lipinski definition) is 2. The number of hydrogen-bond acceptors (Lipinski definition) is 1. The Hall–Kier alpha value is -1.58. The van der Waals surface area contributed by atoms with Crippen molar-refractivity contribution in [3.05, 3.63) is 64.7 Å². The van der Waals surface area contributed by atoms with Gasteiger partial charge in [-0.3, -0.25) is 0 Å². The summed E-state index contributed by atoms with van der Waals surface area (Å²) in [4.78, 5) is 0. The van der Waals surface area contributed by atoms with Crippen molar-refractivity contribution in [2.24, 2.45) is 0 Å². The smallest absolute Gasteiger partial charge is 0.170 e. The number of nitrogens with one attached hydrogen (secondary N) is 2. The fraction of sp³-hybridized carbons (Fsp3) is 0.316. The highest BCUT2D eigenvalue weighted by Gasteiger charge is 2.02. The third-order valence-corrected chi connectivity index (χ3v) is 4.32. The largest absolute Gasteiger partial charge is 0.362 e. The number of anilines is 1. The first-order chi connectivity index (χ1) is 11.1. The number of rotatable bonds is 6. The summed E-state index contributed by atoms with van der Waals surface area (Å²) in [5, 5.41) is 7.93. The van der Waals surface area contributed by atoms with Crippen LogP contribution in [0.4, 0.5) is 5.69 Å². The molecule has 0 aromatic heterocycles. The number of thiocarbonyl (C=S) groups is 1. The van der Waals surface area contributed by atoms with Crippen LogP contribution in [0.5, 0.6) is 0 Å². The molecule has 2 rings (SSSR count). The van der Waals surface area contributed by atoms with Gasteiger partial charge in [0.2, 0.25) is 0 Å². The second-order valence-corrected chi connectivity index (χ2v) is 6.67. The average molecular weight is 347 g/mol. The van der Waals surface area contributed by atoms with Crippen LogP contribution in [0.1, 0.15) is 37.3 Å². The monoisotopic (exact) mass is 346 g/mol. The molecule has 23 heavy (non-hydrogen) atoms. The van der Waals surface area contributed by atoms with E-state index in [0.29, 0.717) is 11.0 Å². The molecule has 0 saturated heterocycles. The molecule has 0 aliphatic carbocycles. The summed E-state index contributed by atoms with van der Waals surface area (Å²) < 4.78 is 0. The summed E-state index contributed by atoms with van der Waals surface area (Å²) >= 11 is 11.5. The van der Waals surface area contributed by atoms with Gasteiger partial charge in [0.15, 0.2) is 5.11 Å². The lowest BCUT2D eigenvalue weighted by atomic mass is 10.0. The van der Waals surface area contributed by atoms with E-state index in [-0.39, 0.29) is 0 Å². The minimum atomic E-state index is 0.541. The number of halogens is 1. The standard InChI is InChI=1S/C19H23ClN2S/c1-14(2)15-9-11-17(12-10-15)22-19(23)21-13-5-7-16-6-3-4-8-18(16)20/h3-4,6,8-12,14H,5,7,13H2,1-2H3,(H2,21,22,23). The first kappa shape index (κ1) is 17.8. The highest BCUT2D eigenvalue weighted by molar-refractivity contribution is 7.80. The lowest BCUT2D eigenvalue weighted by molar-refractivity contribution is 0.777. The molecular formula is C19H23ClN2S. The van der Waals surface area contributed by atoms with Gasteiger partial charge in [-0.2, -0.15) is 0 Å². The fourth-order valence-electron chi connectivity index (χ4n) is 2.31. The summed E-state index contributed by atoms with van der Waals surface area (Å²) in [5.41, 5.74) is 3.52. The maximum atomic E-state index is 6.15. The van der Waals surface area contributed by atoms with Crippen molar-refractivity contribution in [2.75, 3.05) is 11.9 Å². The summed E-state index contributed by atoms with van der Waals surface area (Å²) in [6, 6.07) is 16.3. The van der Waals surface area contributed by atoms with Crippen molar-refractivity contribution in [2.45, 2.75) is 32.6 Å². The maximum absolute atomic E-state index is 6.15. The van der Waals surface area contributed by atoms with Gasteiger partial charge in [0.25, 0.3) is 0 Å². The van der Waals surface area contributed by atoms with E-state index in [0.717, 1.165) is 30.1 Å². The van der Waals surface area contributed by atoms with Crippen LogP contribution in [0.25, 0.3) is 0 Å². The van der Waals surface area contributed by atoms with Gasteiger partial charge in [0.1, 0.15) is 0 Å². The first-order valence-corrected chi connectivity index (χ1v) is 8.73. The number of benzene rings is 2. The van der Waals surface area contributed by atoms with E-state index in [1.165, 1.54) is 11.1 Å². The van der Waals surface area contributed by atoms with E-state index in [9.17, 15) is 0 Å². The molecule has 0 aliphatic rings. The Bertz CT molecular complexity index is 638. The maximum Gasteiger partial charge on any atom is 0.170 e. The van der Waals surface area contributed by atoms with E-state index >= 15 is 0 Å². The molecule has 4 heteroatoms. The zero-order chi connectivity index (χ0) is 16.7. The zero-order valence-electron chi connectivity index (χ0n) is 13.6. The Kier molecular flexibility index (Phi) is 6.87. The topological polar surface area (TPSA) is 24.1 Å². The van der Waals surface area contributed by atoms with Crippen LogP contribution >= 0.6 is 23.8 Å². The highest BCUT2D eigenvalue weighted by Crippen LogP contribution is 2.17. The van der Waals surface area contributed by atoms with Gasteiger partial charge >= 0.3 is 0 Å². The van der Waals surface area contributed by atoms with Crippen LogP contribution in [-0.2, 0) is 6.42 Å². The SMILES string of the molecule is CC(C)c1ccc(NC(=S)NCCCc2ccccc2Cl)cc1. The van der Waals surface area contributed by atoms with Crippen molar-refractivity contribution >= 4 is 34.6 Å². The molecule has 0 bridgehead atoms. The summed E-state index contributed by atoms with van der Waals surface area (Å²) in [5.74, 6) is 0.541. The van der Waals surface area contributed by atoms with Gasteiger partial charge in [-0.1, -0.05) is 55.8 Å². The fourth-order valence-corrected chi connectivity index (χ4v) is 2.76. The minimum absolute atomic E-state index is 0.541. The van der Waals surface area contributed by atoms with Crippen molar-refractivity contribution in [1.29, 1.82) is 0 Å². The van der Waals surface area contributed by atoms with Crippen LogP contribution in [0, 0.1) is 0 Å². The normalized spacial score (nSPS) is 10.6. The molecule has 0 heterocycles. The van der Waals surface area contributed by atoms with Crippen molar-refractivity contribution in [3.8, 4) is 0 Å². The van der Waals surface area contributed by atoms with Gasteiger partial charge in [-0.15, -0.1) is 0 Å². The van der Waals surface area contributed by atoms with Crippen molar-refractivity contribution in [1.82, 2.24) is 5.32 Å². The summed E-state index contributed by atoms with van der Waals surface area (Å²) in [6.45, 7) is 5.20. The van der Waals surface area contributed by atoms with Crippen LogP contribution in [0.2, 0.25) is 5.02 Å². The average Bonchev–Trinajstić information content (AvgIpc) is 2.53. The minimum Gasteiger partial charge on any atom is -0.362 e. The Morgan fingerprint density at radius 1 is 1.09 bits per heavy atom. The quantitative estimate of drug-likeness (QED) is 0.542. The van der Waals surface area contributed by atoms with Gasteiger partial charge in [0.05, 0.1) is 0 Å². The molecule has 0 atom stereocenters. The second-order valence-electron chi connectivity index (χ2n) is 5.85. The molecule has 2 aromatic carbocycles. The Morgan fingerprint density at radius 3 is 2.43 bits per heavy atom. The molecule has 0 aliphatic heterocycles. The van der Waals surface area contributed by atoms with Crippen LogP contribution in [0.3, 0.4) is 0 Å². The van der Waals surface area contributed by atoms with Gasteiger partial charge in [-0.25, -0.2) is 0 Å². The zero-order valence-corrected chi connectivity index (χ0v) is 15.2. The van der Waals surface area contributed by atoms with Crippen LogP contribution in [-0.4, -0.2) is 11.7 Å². The van der Waals surface area contributed by atoms with Crippen molar-refractivity contribution < 1.29 is 0 Å². The second kappa shape index (κ2) is 8.90. The van der Waals surface area contributed by atoms with Crippen LogP contribution in [0.15, 0.2) is 48.5 Å². The number of aryl methyl sites for hydroxylation is 1. The molecule has 0 amide bonds.